The van der Waals surface area contributed by atoms with E-state index in [9.17, 15) is 0 Å². The fourth-order valence-corrected chi connectivity index (χ4v) is 6.32. The predicted molar refractivity (Wildman–Crippen MR) is 136 cm³/mol. The van der Waals surface area contributed by atoms with Crippen molar-refractivity contribution in [3.05, 3.63) is 0 Å². The van der Waals surface area contributed by atoms with Crippen LogP contribution in [-0.4, -0.2) is 105 Å². The Morgan fingerprint density at radius 3 is 1.16 bits per heavy atom. The second-order valence-electron chi connectivity index (χ2n) is 9.29. The molecule has 0 bridgehead atoms. The van der Waals surface area contributed by atoms with Crippen LogP contribution in [0.25, 0.3) is 0 Å². The summed E-state index contributed by atoms with van der Waals surface area (Å²) in [4.78, 5) is 7.29. The van der Waals surface area contributed by atoms with Gasteiger partial charge < -0.3 is 28.0 Å². The maximum absolute atomic E-state index is 5.78. The number of rotatable bonds is 21. The Kier molecular flexibility index (Phi) is 17.4. The first-order valence-corrected chi connectivity index (χ1v) is 14.4. The zero-order valence-corrected chi connectivity index (χ0v) is 23.5. The van der Waals surface area contributed by atoms with Crippen LogP contribution in [0.15, 0.2) is 0 Å². The molecule has 0 fully saturated rings. The molecule has 0 radical (unpaired) electrons. The van der Waals surface area contributed by atoms with E-state index in [2.05, 4.69) is 56.6 Å². The molecule has 31 heavy (non-hydrogen) atoms. The smallest absolute Gasteiger partial charge is 0.377 e. The lowest BCUT2D eigenvalue weighted by molar-refractivity contribution is 0.107. The molecule has 0 aromatic rings. The summed E-state index contributed by atoms with van der Waals surface area (Å²) < 4.78 is 17.3. The molecule has 0 unspecified atom stereocenters. The quantitative estimate of drug-likeness (QED) is 0.235. The van der Waals surface area contributed by atoms with Crippen molar-refractivity contribution in [1.82, 2.24) is 14.7 Å². The van der Waals surface area contributed by atoms with E-state index in [1.165, 1.54) is 58.2 Å². The minimum atomic E-state index is -2.56. The van der Waals surface area contributed by atoms with E-state index in [4.69, 9.17) is 13.3 Å². The minimum Gasteiger partial charge on any atom is -0.377 e. The van der Waals surface area contributed by atoms with Gasteiger partial charge in [0.05, 0.1) is 0 Å². The zero-order chi connectivity index (χ0) is 23.8. The van der Waals surface area contributed by atoms with Crippen LogP contribution in [-0.2, 0) is 13.3 Å². The highest BCUT2D eigenvalue weighted by atomic mass is 28.4. The Morgan fingerprint density at radius 2 is 0.903 bits per heavy atom. The molecule has 0 aromatic carbocycles. The van der Waals surface area contributed by atoms with E-state index in [1.54, 1.807) is 21.3 Å². The van der Waals surface area contributed by atoms with Gasteiger partial charge >= 0.3 is 8.80 Å². The normalized spacial score (nSPS) is 13.2. The lowest BCUT2D eigenvalue weighted by Crippen LogP contribution is -2.44. The van der Waals surface area contributed by atoms with Crippen LogP contribution < -0.4 is 0 Å². The molecule has 0 amide bonds. The van der Waals surface area contributed by atoms with Gasteiger partial charge in [-0.1, -0.05) is 20.8 Å². The van der Waals surface area contributed by atoms with Gasteiger partial charge in [-0.05, 0) is 111 Å². The van der Waals surface area contributed by atoms with Crippen LogP contribution in [0.5, 0.6) is 0 Å². The van der Waals surface area contributed by atoms with Crippen molar-refractivity contribution in [2.45, 2.75) is 71.8 Å². The molecule has 0 heterocycles. The number of hydrogen-bond acceptors (Lipinski definition) is 6. The molecule has 0 rings (SSSR count). The third-order valence-electron chi connectivity index (χ3n) is 7.25. The summed E-state index contributed by atoms with van der Waals surface area (Å²) in [5.74, 6) is 0. The van der Waals surface area contributed by atoms with Crippen molar-refractivity contribution < 1.29 is 13.3 Å². The maximum atomic E-state index is 5.78. The molecule has 0 aliphatic carbocycles. The lowest BCUT2D eigenvalue weighted by atomic mass is 9.73. The van der Waals surface area contributed by atoms with E-state index in [1.807, 2.05) is 0 Å². The van der Waals surface area contributed by atoms with Gasteiger partial charge in [-0.25, -0.2) is 0 Å². The predicted octanol–water partition coefficient (Wildman–Crippen LogP) is 4.44. The van der Waals surface area contributed by atoms with Gasteiger partial charge in [0.1, 0.15) is 0 Å². The Morgan fingerprint density at radius 1 is 0.581 bits per heavy atom. The Hall–Kier alpha value is -0.0231. The standard InChI is InChI=1S/C24H55N3O3Si/c1-10-25(4)20-13-16-24(17-14-21-26(5)11-2,18-15-22-27(6)12-3)19-23-31(28-7,29-8)30-9/h10-23H2,1-9H3. The molecular weight excluding hydrogens is 406 g/mol. The molecule has 0 aromatic heterocycles. The fraction of sp³-hybridized carbons (Fsp3) is 1.00. The highest BCUT2D eigenvalue weighted by Crippen LogP contribution is 2.42. The molecule has 0 aliphatic rings. The van der Waals surface area contributed by atoms with Crippen LogP contribution in [0.4, 0.5) is 0 Å². The van der Waals surface area contributed by atoms with Crippen molar-refractivity contribution in [3.63, 3.8) is 0 Å². The summed E-state index contributed by atoms with van der Waals surface area (Å²) in [6, 6.07) is 0.896. The largest absolute Gasteiger partial charge is 0.500 e. The van der Waals surface area contributed by atoms with E-state index in [0.29, 0.717) is 5.41 Å². The third-order valence-corrected chi connectivity index (χ3v) is 9.98. The first-order valence-electron chi connectivity index (χ1n) is 12.5. The summed E-state index contributed by atoms with van der Waals surface area (Å²) in [6.45, 7) is 13.6. The van der Waals surface area contributed by atoms with Gasteiger partial charge in [-0.15, -0.1) is 0 Å². The van der Waals surface area contributed by atoms with Crippen molar-refractivity contribution in [1.29, 1.82) is 0 Å². The summed E-state index contributed by atoms with van der Waals surface area (Å²) in [5.41, 5.74) is 0.325. The van der Waals surface area contributed by atoms with Gasteiger partial charge in [-0.2, -0.15) is 0 Å². The fourth-order valence-electron chi connectivity index (χ4n) is 4.37. The van der Waals surface area contributed by atoms with Crippen LogP contribution in [0, 0.1) is 5.41 Å². The number of hydrogen-bond donors (Lipinski definition) is 0. The lowest BCUT2D eigenvalue weighted by Gasteiger charge is -2.38. The van der Waals surface area contributed by atoms with Crippen molar-refractivity contribution in [2.24, 2.45) is 5.41 Å². The van der Waals surface area contributed by atoms with Gasteiger partial charge in [0, 0.05) is 27.4 Å². The summed E-state index contributed by atoms with van der Waals surface area (Å²) in [5, 5.41) is 0. The first kappa shape index (κ1) is 31.0. The molecule has 0 N–H and O–H groups in total. The summed E-state index contributed by atoms with van der Waals surface area (Å²) >= 11 is 0. The van der Waals surface area contributed by atoms with Crippen LogP contribution >= 0.6 is 0 Å². The molecule has 0 aliphatic heterocycles. The summed E-state index contributed by atoms with van der Waals surface area (Å²) in [6.07, 6.45) is 8.67. The Labute approximate surface area is 196 Å². The monoisotopic (exact) mass is 461 g/mol. The first-order chi connectivity index (χ1) is 14.8. The zero-order valence-electron chi connectivity index (χ0n) is 22.5. The molecule has 0 saturated carbocycles. The van der Waals surface area contributed by atoms with E-state index < -0.39 is 8.80 Å². The topological polar surface area (TPSA) is 37.4 Å². The molecule has 0 spiro atoms. The highest BCUT2D eigenvalue weighted by molar-refractivity contribution is 6.60. The van der Waals surface area contributed by atoms with E-state index in [0.717, 1.165) is 32.1 Å². The minimum absolute atomic E-state index is 0.325. The molecule has 6 nitrogen and oxygen atoms in total. The van der Waals surface area contributed by atoms with Crippen LogP contribution in [0.1, 0.15) is 65.7 Å². The molecule has 0 atom stereocenters. The summed E-state index contributed by atoms with van der Waals surface area (Å²) in [7, 11) is 9.34. The van der Waals surface area contributed by atoms with Crippen LogP contribution in [0.3, 0.4) is 0 Å². The van der Waals surface area contributed by atoms with E-state index in [-0.39, 0.29) is 0 Å². The SMILES string of the molecule is CCN(C)CCCC(CCCN(C)CC)(CCCN(C)CC)CC[Si](OC)(OC)OC. The number of nitrogens with zero attached hydrogens (tertiary/aromatic N) is 3. The van der Waals surface area contributed by atoms with Gasteiger partial charge in [0.15, 0.2) is 0 Å². The van der Waals surface area contributed by atoms with Crippen molar-refractivity contribution in [3.8, 4) is 0 Å². The maximum Gasteiger partial charge on any atom is 0.500 e. The Bertz CT molecular complexity index is 376. The second-order valence-corrected chi connectivity index (χ2v) is 12.4. The van der Waals surface area contributed by atoms with E-state index >= 15 is 0 Å². The average Bonchev–Trinajstić information content (AvgIpc) is 2.79. The van der Waals surface area contributed by atoms with Gasteiger partial charge in [0.25, 0.3) is 0 Å². The Balaban J connectivity index is 5.43. The average molecular weight is 462 g/mol. The highest BCUT2D eigenvalue weighted by Gasteiger charge is 2.41. The van der Waals surface area contributed by atoms with Crippen molar-refractivity contribution >= 4 is 8.80 Å². The molecule has 188 valence electrons. The molecular formula is C24H55N3O3Si. The van der Waals surface area contributed by atoms with Gasteiger partial charge in [-0.3, -0.25) is 0 Å². The third kappa shape index (κ3) is 12.7. The molecule has 0 saturated heterocycles. The van der Waals surface area contributed by atoms with Crippen molar-refractivity contribution in [2.75, 3.05) is 81.7 Å². The molecule has 7 heteroatoms. The second kappa shape index (κ2) is 17.5. The van der Waals surface area contributed by atoms with Gasteiger partial charge in [0.2, 0.25) is 0 Å². The van der Waals surface area contributed by atoms with Crippen LogP contribution in [0.2, 0.25) is 6.04 Å².